The van der Waals surface area contributed by atoms with E-state index >= 15 is 0 Å². The summed E-state index contributed by atoms with van der Waals surface area (Å²) in [5.74, 6) is -0.453. The van der Waals surface area contributed by atoms with Gasteiger partial charge < -0.3 is 15.5 Å². The Bertz CT molecular complexity index is 496. The molecule has 0 radical (unpaired) electrons. The van der Waals surface area contributed by atoms with Crippen molar-refractivity contribution in [2.24, 2.45) is 0 Å². The maximum atomic E-state index is 11.9. The maximum absolute atomic E-state index is 11.9. The number of carbonyl (C=O) groups excluding carboxylic acids is 2. The molecule has 0 unspecified atom stereocenters. The predicted molar refractivity (Wildman–Crippen MR) is 78.2 cm³/mol. The van der Waals surface area contributed by atoms with E-state index in [4.69, 9.17) is 23.2 Å². The fourth-order valence-electron chi connectivity index (χ4n) is 1.97. The number of piperazine rings is 1. The highest BCUT2D eigenvalue weighted by Crippen LogP contribution is 2.18. The van der Waals surface area contributed by atoms with Crippen LogP contribution in [0.25, 0.3) is 0 Å². The lowest BCUT2D eigenvalue weighted by Crippen LogP contribution is -2.49. The van der Waals surface area contributed by atoms with Crippen molar-refractivity contribution < 1.29 is 9.59 Å². The Balaban J connectivity index is 1.89. The van der Waals surface area contributed by atoms with E-state index < -0.39 is 0 Å². The third-order valence-corrected chi connectivity index (χ3v) is 3.43. The lowest BCUT2D eigenvalue weighted by atomic mass is 10.2. The lowest BCUT2D eigenvalue weighted by Gasteiger charge is -2.27. The van der Waals surface area contributed by atoms with Gasteiger partial charge in [0.1, 0.15) is 0 Å². The number of amides is 2. The Kier molecular flexibility index (Phi) is 5.23. The van der Waals surface area contributed by atoms with Crippen LogP contribution in [-0.4, -0.2) is 49.4 Å². The molecule has 1 fully saturated rings. The molecule has 1 heterocycles. The Hall–Kier alpha value is -1.30. The molecule has 0 aliphatic carbocycles. The van der Waals surface area contributed by atoms with Crippen LogP contribution in [0.2, 0.25) is 10.0 Å². The zero-order valence-corrected chi connectivity index (χ0v) is 12.3. The summed E-state index contributed by atoms with van der Waals surface area (Å²) in [5.41, 5.74) is 0.343. The van der Waals surface area contributed by atoms with Crippen LogP contribution in [-0.2, 0) is 4.79 Å². The van der Waals surface area contributed by atoms with Crippen molar-refractivity contribution >= 4 is 35.0 Å². The van der Waals surface area contributed by atoms with Gasteiger partial charge in [0.25, 0.3) is 5.91 Å². The van der Waals surface area contributed by atoms with Crippen LogP contribution in [0.4, 0.5) is 0 Å². The van der Waals surface area contributed by atoms with Crippen molar-refractivity contribution in [3.63, 3.8) is 0 Å². The molecular weight excluding hydrogens is 301 g/mol. The highest BCUT2D eigenvalue weighted by molar-refractivity contribution is 6.35. The highest BCUT2D eigenvalue weighted by Gasteiger charge is 2.17. The Morgan fingerprint density at radius 1 is 1.15 bits per heavy atom. The quantitative estimate of drug-likeness (QED) is 0.879. The average Bonchev–Trinajstić information content (AvgIpc) is 2.44. The third kappa shape index (κ3) is 4.10. The van der Waals surface area contributed by atoms with E-state index in [2.05, 4.69) is 10.6 Å². The number of nitrogens with one attached hydrogen (secondary N) is 2. The van der Waals surface area contributed by atoms with Crippen molar-refractivity contribution in [1.29, 1.82) is 0 Å². The van der Waals surface area contributed by atoms with Crippen LogP contribution in [0, 0.1) is 0 Å². The molecule has 7 heteroatoms. The Morgan fingerprint density at radius 2 is 1.75 bits per heavy atom. The van der Waals surface area contributed by atoms with Gasteiger partial charge in [-0.25, -0.2) is 0 Å². The zero-order chi connectivity index (χ0) is 14.5. The van der Waals surface area contributed by atoms with E-state index in [-0.39, 0.29) is 18.4 Å². The standard InChI is InChI=1S/C13H15Cl2N3O2/c14-10-5-9(6-11(15)7-10)13(20)17-8-12(19)18-3-1-16-2-4-18/h5-7,16H,1-4,8H2,(H,17,20). The molecule has 0 atom stereocenters. The number of hydrogen-bond donors (Lipinski definition) is 2. The molecule has 1 saturated heterocycles. The normalized spacial score (nSPS) is 15.0. The molecule has 1 aromatic carbocycles. The second-order valence-electron chi connectivity index (χ2n) is 4.47. The van der Waals surface area contributed by atoms with Crippen LogP contribution in [0.5, 0.6) is 0 Å². The van der Waals surface area contributed by atoms with Crippen LogP contribution in [0.1, 0.15) is 10.4 Å². The molecular formula is C13H15Cl2N3O2. The molecule has 5 nitrogen and oxygen atoms in total. The molecule has 108 valence electrons. The number of carbonyl (C=O) groups is 2. The summed E-state index contributed by atoms with van der Waals surface area (Å²) >= 11 is 11.7. The summed E-state index contributed by atoms with van der Waals surface area (Å²) < 4.78 is 0. The smallest absolute Gasteiger partial charge is 0.251 e. The second kappa shape index (κ2) is 6.92. The van der Waals surface area contributed by atoms with Gasteiger partial charge in [0.05, 0.1) is 6.54 Å². The minimum Gasteiger partial charge on any atom is -0.343 e. The van der Waals surface area contributed by atoms with Gasteiger partial charge in [-0.05, 0) is 18.2 Å². The summed E-state index contributed by atoms with van der Waals surface area (Å²) in [6.45, 7) is 2.87. The SMILES string of the molecule is O=C(NCC(=O)N1CCNCC1)c1cc(Cl)cc(Cl)c1. The number of benzene rings is 1. The molecule has 1 aliphatic heterocycles. The number of nitrogens with zero attached hydrogens (tertiary/aromatic N) is 1. The van der Waals surface area contributed by atoms with Gasteiger partial charge in [0.15, 0.2) is 0 Å². The topological polar surface area (TPSA) is 61.4 Å². The van der Waals surface area contributed by atoms with Crippen molar-refractivity contribution in [3.05, 3.63) is 33.8 Å². The molecule has 0 saturated carbocycles. The van der Waals surface area contributed by atoms with Crippen molar-refractivity contribution in [2.45, 2.75) is 0 Å². The average molecular weight is 316 g/mol. The van der Waals surface area contributed by atoms with E-state index in [0.717, 1.165) is 13.1 Å². The molecule has 1 aromatic rings. The van der Waals surface area contributed by atoms with E-state index in [1.807, 2.05) is 0 Å². The second-order valence-corrected chi connectivity index (χ2v) is 5.34. The summed E-state index contributed by atoms with van der Waals surface area (Å²) in [4.78, 5) is 25.5. The maximum Gasteiger partial charge on any atom is 0.251 e. The van der Waals surface area contributed by atoms with Gasteiger partial charge >= 0.3 is 0 Å². The summed E-state index contributed by atoms with van der Waals surface area (Å²) in [6.07, 6.45) is 0. The Morgan fingerprint density at radius 3 is 2.35 bits per heavy atom. The molecule has 2 amide bonds. The largest absolute Gasteiger partial charge is 0.343 e. The molecule has 0 spiro atoms. The van der Waals surface area contributed by atoms with Gasteiger partial charge in [-0.1, -0.05) is 23.2 Å². The molecule has 0 aromatic heterocycles. The first-order valence-corrected chi connectivity index (χ1v) is 7.04. The highest BCUT2D eigenvalue weighted by atomic mass is 35.5. The first-order chi connectivity index (χ1) is 9.56. The summed E-state index contributed by atoms with van der Waals surface area (Å²) in [5, 5.41) is 6.52. The predicted octanol–water partition coefficient (Wildman–Crippen LogP) is 1.15. The number of halogens is 2. The first-order valence-electron chi connectivity index (χ1n) is 6.29. The number of hydrogen-bond acceptors (Lipinski definition) is 3. The van der Waals surface area contributed by atoms with E-state index in [9.17, 15) is 9.59 Å². The number of rotatable bonds is 3. The van der Waals surface area contributed by atoms with Crippen LogP contribution < -0.4 is 10.6 Å². The van der Waals surface area contributed by atoms with Crippen molar-refractivity contribution in [3.8, 4) is 0 Å². The molecule has 2 rings (SSSR count). The van der Waals surface area contributed by atoms with E-state index in [1.54, 1.807) is 11.0 Å². The first kappa shape index (κ1) is 15.1. The van der Waals surface area contributed by atoms with Crippen LogP contribution >= 0.6 is 23.2 Å². The third-order valence-electron chi connectivity index (χ3n) is 2.99. The van der Waals surface area contributed by atoms with Gasteiger partial charge in [-0.15, -0.1) is 0 Å². The van der Waals surface area contributed by atoms with Crippen molar-refractivity contribution in [2.75, 3.05) is 32.7 Å². The van der Waals surface area contributed by atoms with Gasteiger partial charge in [-0.2, -0.15) is 0 Å². The van der Waals surface area contributed by atoms with Gasteiger partial charge in [0, 0.05) is 41.8 Å². The Labute approximate surface area is 127 Å². The fourth-order valence-corrected chi connectivity index (χ4v) is 2.49. The van der Waals surface area contributed by atoms with Crippen LogP contribution in [0.15, 0.2) is 18.2 Å². The monoisotopic (exact) mass is 315 g/mol. The minimum atomic E-state index is -0.363. The van der Waals surface area contributed by atoms with E-state index in [1.165, 1.54) is 12.1 Å². The van der Waals surface area contributed by atoms with E-state index in [0.29, 0.717) is 28.7 Å². The summed E-state index contributed by atoms with van der Waals surface area (Å²) in [6, 6.07) is 4.57. The summed E-state index contributed by atoms with van der Waals surface area (Å²) in [7, 11) is 0. The van der Waals surface area contributed by atoms with Gasteiger partial charge in [0.2, 0.25) is 5.91 Å². The van der Waals surface area contributed by atoms with Crippen molar-refractivity contribution in [1.82, 2.24) is 15.5 Å². The zero-order valence-electron chi connectivity index (χ0n) is 10.8. The minimum absolute atomic E-state index is 0.0248. The van der Waals surface area contributed by atoms with Crippen LogP contribution in [0.3, 0.4) is 0 Å². The molecule has 1 aliphatic rings. The lowest BCUT2D eigenvalue weighted by molar-refractivity contribution is -0.130. The molecule has 20 heavy (non-hydrogen) atoms. The molecule has 2 N–H and O–H groups in total. The van der Waals surface area contributed by atoms with Gasteiger partial charge in [-0.3, -0.25) is 9.59 Å². The molecule has 0 bridgehead atoms. The fraction of sp³-hybridized carbons (Fsp3) is 0.385.